The van der Waals surface area contributed by atoms with Crippen LogP contribution in [0.2, 0.25) is 0 Å². The maximum absolute atomic E-state index is 11.6. The number of sulfonamides is 1. The number of hydrogen-bond acceptors (Lipinski definition) is 4. The van der Waals surface area contributed by atoms with Gasteiger partial charge in [0.25, 0.3) is 0 Å². The minimum atomic E-state index is -3.23. The van der Waals surface area contributed by atoms with E-state index in [1.807, 2.05) is 0 Å². The zero-order valence-corrected chi connectivity index (χ0v) is 9.70. The molecule has 1 heterocycles. The fourth-order valence-electron chi connectivity index (χ4n) is 1.40. The first-order valence-corrected chi connectivity index (χ1v) is 6.90. The van der Waals surface area contributed by atoms with Crippen LogP contribution in [0.5, 0.6) is 0 Å². The Morgan fingerprint density at radius 3 is 2.69 bits per heavy atom. The van der Waals surface area contributed by atoms with E-state index in [0.29, 0.717) is 18.3 Å². The second kappa shape index (κ2) is 4.39. The van der Waals surface area contributed by atoms with Crippen LogP contribution in [0.4, 0.5) is 5.82 Å². The molecule has 2 rings (SSSR count). The highest BCUT2D eigenvalue weighted by molar-refractivity contribution is 7.92. The van der Waals surface area contributed by atoms with Crippen molar-refractivity contribution >= 4 is 15.8 Å². The van der Waals surface area contributed by atoms with Crippen LogP contribution in [0.3, 0.4) is 0 Å². The van der Waals surface area contributed by atoms with Gasteiger partial charge >= 0.3 is 0 Å². The summed E-state index contributed by atoms with van der Waals surface area (Å²) in [6.07, 6.45) is 3.61. The van der Waals surface area contributed by atoms with Gasteiger partial charge in [0.2, 0.25) is 10.0 Å². The van der Waals surface area contributed by atoms with Crippen molar-refractivity contribution < 1.29 is 8.42 Å². The van der Waals surface area contributed by atoms with Crippen molar-refractivity contribution in [3.63, 3.8) is 0 Å². The topological polar surface area (TPSA) is 85.1 Å². The molecule has 0 amide bonds. The van der Waals surface area contributed by atoms with Crippen molar-refractivity contribution in [1.82, 2.24) is 4.98 Å². The third-order valence-electron chi connectivity index (χ3n) is 2.47. The summed E-state index contributed by atoms with van der Waals surface area (Å²) in [4.78, 5) is 3.99. The molecular weight excluding hydrogens is 226 g/mol. The minimum absolute atomic E-state index is 0.202. The van der Waals surface area contributed by atoms with Crippen molar-refractivity contribution in [2.24, 2.45) is 11.7 Å². The molecule has 1 aromatic rings. The Balaban J connectivity index is 2.01. The van der Waals surface area contributed by atoms with Crippen LogP contribution >= 0.6 is 0 Å². The van der Waals surface area contributed by atoms with Gasteiger partial charge in [-0.2, -0.15) is 0 Å². The Hall–Kier alpha value is -1.14. The molecule has 0 aromatic carbocycles. The molecule has 0 radical (unpaired) electrons. The minimum Gasteiger partial charge on any atom is -0.326 e. The van der Waals surface area contributed by atoms with Gasteiger partial charge in [-0.25, -0.2) is 13.4 Å². The molecule has 1 aliphatic carbocycles. The normalized spacial score (nSPS) is 16.1. The summed E-state index contributed by atoms with van der Waals surface area (Å²) < 4.78 is 25.7. The van der Waals surface area contributed by atoms with Crippen LogP contribution in [-0.4, -0.2) is 19.2 Å². The third kappa shape index (κ3) is 3.18. The predicted octanol–water partition coefficient (Wildman–Crippen LogP) is 0.692. The largest absolute Gasteiger partial charge is 0.326 e. The SMILES string of the molecule is NCc1ccc(NS(=O)(=O)CC2CC2)nc1. The number of nitrogens with two attached hydrogens (primary N) is 1. The maximum atomic E-state index is 11.6. The number of nitrogens with one attached hydrogen (secondary N) is 1. The Kier molecular flexibility index (Phi) is 3.11. The van der Waals surface area contributed by atoms with Crippen molar-refractivity contribution in [3.8, 4) is 0 Å². The molecule has 0 saturated heterocycles. The predicted molar refractivity (Wildman–Crippen MR) is 62.3 cm³/mol. The fourth-order valence-corrected chi connectivity index (χ4v) is 2.88. The molecule has 1 saturated carbocycles. The van der Waals surface area contributed by atoms with E-state index < -0.39 is 10.0 Å². The molecule has 6 heteroatoms. The first-order valence-electron chi connectivity index (χ1n) is 5.24. The van der Waals surface area contributed by atoms with E-state index in [1.165, 1.54) is 0 Å². The Morgan fingerprint density at radius 2 is 2.19 bits per heavy atom. The number of nitrogens with zero attached hydrogens (tertiary/aromatic N) is 1. The molecule has 0 spiro atoms. The quantitative estimate of drug-likeness (QED) is 0.794. The zero-order chi connectivity index (χ0) is 11.6. The number of pyridine rings is 1. The lowest BCUT2D eigenvalue weighted by Crippen LogP contribution is -2.18. The van der Waals surface area contributed by atoms with Gasteiger partial charge in [0, 0.05) is 12.7 Å². The van der Waals surface area contributed by atoms with Gasteiger partial charge in [-0.05, 0) is 30.4 Å². The summed E-state index contributed by atoms with van der Waals surface area (Å²) in [6, 6.07) is 3.40. The molecule has 88 valence electrons. The zero-order valence-electron chi connectivity index (χ0n) is 8.89. The fraction of sp³-hybridized carbons (Fsp3) is 0.500. The molecule has 1 fully saturated rings. The average molecular weight is 241 g/mol. The lowest BCUT2D eigenvalue weighted by molar-refractivity contribution is 0.597. The smallest absolute Gasteiger partial charge is 0.234 e. The number of hydrogen-bond donors (Lipinski definition) is 2. The molecule has 1 aromatic heterocycles. The molecule has 1 aliphatic rings. The van der Waals surface area contributed by atoms with Crippen molar-refractivity contribution in [2.75, 3.05) is 10.5 Å². The molecule has 0 unspecified atom stereocenters. The number of aromatic nitrogens is 1. The van der Waals surface area contributed by atoms with E-state index >= 15 is 0 Å². The molecule has 0 bridgehead atoms. The van der Waals surface area contributed by atoms with Crippen LogP contribution in [-0.2, 0) is 16.6 Å². The third-order valence-corrected chi connectivity index (χ3v) is 3.90. The summed E-state index contributed by atoms with van der Waals surface area (Å²) in [6.45, 7) is 0.405. The highest BCUT2D eigenvalue weighted by Crippen LogP contribution is 2.30. The summed E-state index contributed by atoms with van der Waals surface area (Å²) in [5.41, 5.74) is 6.30. The van der Waals surface area contributed by atoms with E-state index in [1.54, 1.807) is 18.3 Å². The highest BCUT2D eigenvalue weighted by atomic mass is 32.2. The van der Waals surface area contributed by atoms with E-state index in [9.17, 15) is 8.42 Å². The van der Waals surface area contributed by atoms with Crippen LogP contribution in [0, 0.1) is 5.92 Å². The standard InChI is InChI=1S/C10H15N3O2S/c11-5-9-3-4-10(12-6-9)13-16(14,15)7-8-1-2-8/h3-4,6,8H,1-2,5,7,11H2,(H,12,13). The molecule has 0 atom stereocenters. The summed E-state index contributed by atoms with van der Waals surface area (Å²) in [5.74, 6) is 0.895. The summed E-state index contributed by atoms with van der Waals surface area (Å²) in [5, 5.41) is 0. The van der Waals surface area contributed by atoms with Crippen LogP contribution in [0.1, 0.15) is 18.4 Å². The second-order valence-corrected chi connectivity index (χ2v) is 5.85. The Morgan fingerprint density at radius 1 is 1.44 bits per heavy atom. The molecule has 5 nitrogen and oxygen atoms in total. The van der Waals surface area contributed by atoms with Gasteiger partial charge in [0.1, 0.15) is 5.82 Å². The maximum Gasteiger partial charge on any atom is 0.234 e. The molecule has 16 heavy (non-hydrogen) atoms. The molecule has 3 N–H and O–H groups in total. The molecule has 0 aliphatic heterocycles. The van der Waals surface area contributed by atoms with Gasteiger partial charge in [0.15, 0.2) is 0 Å². The molecular formula is C10H15N3O2S. The Labute approximate surface area is 95.1 Å². The van der Waals surface area contributed by atoms with Gasteiger partial charge in [0.05, 0.1) is 5.75 Å². The van der Waals surface area contributed by atoms with Gasteiger partial charge in [-0.15, -0.1) is 0 Å². The lowest BCUT2D eigenvalue weighted by Gasteiger charge is -2.06. The van der Waals surface area contributed by atoms with Crippen molar-refractivity contribution in [1.29, 1.82) is 0 Å². The summed E-state index contributed by atoms with van der Waals surface area (Å²) >= 11 is 0. The van der Waals surface area contributed by atoms with E-state index in [0.717, 1.165) is 18.4 Å². The first-order chi connectivity index (χ1) is 7.59. The van der Waals surface area contributed by atoms with Gasteiger partial charge in [-0.3, -0.25) is 4.72 Å². The van der Waals surface area contributed by atoms with E-state index in [4.69, 9.17) is 5.73 Å². The average Bonchev–Trinajstić information content (AvgIpc) is 3.01. The van der Waals surface area contributed by atoms with Crippen molar-refractivity contribution in [3.05, 3.63) is 23.9 Å². The van der Waals surface area contributed by atoms with Crippen LogP contribution in [0.15, 0.2) is 18.3 Å². The number of anilines is 1. The van der Waals surface area contributed by atoms with E-state index in [2.05, 4.69) is 9.71 Å². The van der Waals surface area contributed by atoms with Gasteiger partial charge in [-0.1, -0.05) is 6.07 Å². The second-order valence-electron chi connectivity index (χ2n) is 4.08. The number of rotatable bonds is 5. The van der Waals surface area contributed by atoms with E-state index in [-0.39, 0.29) is 5.75 Å². The highest BCUT2D eigenvalue weighted by Gasteiger charge is 2.28. The van der Waals surface area contributed by atoms with Crippen LogP contribution < -0.4 is 10.5 Å². The van der Waals surface area contributed by atoms with Gasteiger partial charge < -0.3 is 5.73 Å². The monoisotopic (exact) mass is 241 g/mol. The lowest BCUT2D eigenvalue weighted by atomic mass is 10.3. The summed E-state index contributed by atoms with van der Waals surface area (Å²) in [7, 11) is -3.23. The first kappa shape index (κ1) is 11.3. The Bertz CT molecular complexity index is 451. The van der Waals surface area contributed by atoms with Crippen molar-refractivity contribution in [2.45, 2.75) is 19.4 Å². The van der Waals surface area contributed by atoms with Crippen LogP contribution in [0.25, 0.3) is 0 Å².